The monoisotopic (exact) mass is 361 g/mol. The van der Waals surface area contributed by atoms with E-state index < -0.39 is 11.7 Å². The maximum Gasteiger partial charge on any atom is 0.278 e. The summed E-state index contributed by atoms with van der Waals surface area (Å²) in [5.41, 5.74) is 4.24. The molecular weight excluding hydrogens is 337 g/mol. The molecule has 0 radical (unpaired) electrons. The van der Waals surface area contributed by atoms with Gasteiger partial charge in [0, 0.05) is 18.3 Å². The summed E-state index contributed by atoms with van der Waals surface area (Å²) in [4.78, 5) is 29.3. The van der Waals surface area contributed by atoms with E-state index in [1.807, 2.05) is 13.8 Å². The Morgan fingerprint density at radius 3 is 2.62 bits per heavy atom. The van der Waals surface area contributed by atoms with Crippen LogP contribution in [0.5, 0.6) is 0 Å². The van der Waals surface area contributed by atoms with Crippen molar-refractivity contribution in [3.63, 3.8) is 0 Å². The molecule has 0 fully saturated rings. The molecule has 3 rings (SSSR count). The van der Waals surface area contributed by atoms with Crippen molar-refractivity contribution in [3.8, 4) is 0 Å². The van der Waals surface area contributed by atoms with Crippen LogP contribution in [0, 0.1) is 12.7 Å². The van der Waals surface area contributed by atoms with Gasteiger partial charge in [0.25, 0.3) is 11.5 Å². The van der Waals surface area contributed by atoms with Crippen molar-refractivity contribution < 1.29 is 14.0 Å². The number of pyridine rings is 1. The molecular formula is C19H24FN3O3. The van der Waals surface area contributed by atoms with Gasteiger partial charge in [-0.1, -0.05) is 19.9 Å². The number of aryl methyl sites for hydroxylation is 1. The minimum Gasteiger partial charge on any atom is -0.352 e. The second kappa shape index (κ2) is 8.62. The van der Waals surface area contributed by atoms with Crippen LogP contribution in [0.25, 0.3) is 0 Å². The van der Waals surface area contributed by atoms with Gasteiger partial charge in [0.2, 0.25) is 0 Å². The van der Waals surface area contributed by atoms with Crippen molar-refractivity contribution in [3.05, 3.63) is 57.3 Å². The van der Waals surface area contributed by atoms with Crippen LogP contribution in [-0.2, 0) is 17.8 Å². The fourth-order valence-electron chi connectivity index (χ4n) is 2.97. The molecule has 0 bridgehead atoms. The first-order valence-corrected chi connectivity index (χ1v) is 8.64. The van der Waals surface area contributed by atoms with E-state index in [2.05, 4.69) is 10.8 Å². The van der Waals surface area contributed by atoms with E-state index in [4.69, 9.17) is 4.84 Å². The van der Waals surface area contributed by atoms with Crippen LogP contribution < -0.4 is 16.4 Å². The number of carbonyl (C=O) groups excluding carboxylic acids is 1. The average Bonchev–Trinajstić information content (AvgIpc) is 3.09. The number of halogens is 1. The quantitative estimate of drug-likeness (QED) is 0.820. The van der Waals surface area contributed by atoms with Crippen molar-refractivity contribution >= 4 is 17.3 Å². The molecule has 26 heavy (non-hydrogen) atoms. The molecule has 1 aliphatic rings. The molecule has 1 aromatic heterocycles. The number of anilines is 2. The molecule has 2 N–H and O–H groups in total. The van der Waals surface area contributed by atoms with Crippen molar-refractivity contribution in [2.45, 2.75) is 40.2 Å². The Morgan fingerprint density at radius 2 is 1.96 bits per heavy atom. The number of benzene rings is 1. The fourth-order valence-corrected chi connectivity index (χ4v) is 2.97. The third-order valence-electron chi connectivity index (χ3n) is 4.03. The zero-order chi connectivity index (χ0) is 19.3. The predicted octanol–water partition coefficient (Wildman–Crippen LogP) is 3.30. The Hall–Kier alpha value is -2.67. The first kappa shape index (κ1) is 19.7. The highest BCUT2D eigenvalue weighted by molar-refractivity contribution is 6.01. The SMILES string of the molecule is CC.CONC(=O)c1c(Nc2ccc(C)cc2F)cc(=O)n2c1CCC2. The number of hydroxylamine groups is 1. The minimum absolute atomic E-state index is 0.203. The molecule has 0 saturated heterocycles. The van der Waals surface area contributed by atoms with Crippen LogP contribution in [0.15, 0.2) is 29.1 Å². The van der Waals surface area contributed by atoms with Gasteiger partial charge in [-0.2, -0.15) is 0 Å². The molecule has 1 aromatic carbocycles. The van der Waals surface area contributed by atoms with Gasteiger partial charge in [-0.15, -0.1) is 0 Å². The van der Waals surface area contributed by atoms with Crippen molar-refractivity contribution in [1.82, 2.24) is 10.0 Å². The molecule has 2 aromatic rings. The first-order chi connectivity index (χ1) is 12.5. The summed E-state index contributed by atoms with van der Waals surface area (Å²) in [6.45, 7) is 6.35. The van der Waals surface area contributed by atoms with E-state index in [-0.39, 0.29) is 16.9 Å². The molecule has 2 heterocycles. The Bertz CT molecular complexity index is 862. The Balaban J connectivity index is 0.00000117. The smallest absolute Gasteiger partial charge is 0.278 e. The first-order valence-electron chi connectivity index (χ1n) is 8.64. The van der Waals surface area contributed by atoms with Crippen LogP contribution in [0.2, 0.25) is 0 Å². The maximum atomic E-state index is 14.1. The number of nitrogens with one attached hydrogen (secondary N) is 2. The number of fused-ring (bicyclic) bond motifs is 1. The topological polar surface area (TPSA) is 72.4 Å². The zero-order valence-electron chi connectivity index (χ0n) is 15.5. The lowest BCUT2D eigenvalue weighted by Gasteiger charge is -2.16. The van der Waals surface area contributed by atoms with Gasteiger partial charge < -0.3 is 9.88 Å². The van der Waals surface area contributed by atoms with E-state index in [1.54, 1.807) is 23.6 Å². The van der Waals surface area contributed by atoms with Gasteiger partial charge in [0.05, 0.1) is 24.0 Å². The summed E-state index contributed by atoms with van der Waals surface area (Å²) >= 11 is 0. The van der Waals surface area contributed by atoms with E-state index >= 15 is 0 Å². The Kier molecular flexibility index (Phi) is 6.52. The molecule has 1 aliphatic heterocycles. The second-order valence-electron chi connectivity index (χ2n) is 5.72. The van der Waals surface area contributed by atoms with E-state index in [1.165, 1.54) is 19.2 Å². The third kappa shape index (κ3) is 3.94. The van der Waals surface area contributed by atoms with Gasteiger partial charge >= 0.3 is 0 Å². The van der Waals surface area contributed by atoms with Gasteiger partial charge in [-0.25, -0.2) is 9.87 Å². The van der Waals surface area contributed by atoms with Crippen LogP contribution in [-0.4, -0.2) is 17.6 Å². The normalized spacial score (nSPS) is 12.0. The van der Waals surface area contributed by atoms with Crippen LogP contribution in [0.4, 0.5) is 15.8 Å². The lowest BCUT2D eigenvalue weighted by molar-refractivity contribution is 0.0537. The summed E-state index contributed by atoms with van der Waals surface area (Å²) < 4.78 is 15.7. The lowest BCUT2D eigenvalue weighted by atomic mass is 10.1. The largest absolute Gasteiger partial charge is 0.352 e. The molecule has 0 atom stereocenters. The van der Waals surface area contributed by atoms with Crippen LogP contribution >= 0.6 is 0 Å². The molecule has 0 unspecified atom stereocenters. The number of nitrogens with zero attached hydrogens (tertiary/aromatic N) is 1. The standard InChI is InChI=1S/C17H18FN3O3.C2H6/c1-10-5-6-12(11(18)8-10)19-13-9-15(22)21-7-3-4-14(21)16(13)17(23)20-24-2;1-2/h5-6,8-9,19H,3-4,7H2,1-2H3,(H,20,23);1-2H3. The van der Waals surface area contributed by atoms with Crippen molar-refractivity contribution in [2.24, 2.45) is 0 Å². The summed E-state index contributed by atoms with van der Waals surface area (Å²) in [7, 11) is 1.33. The average molecular weight is 361 g/mol. The molecule has 0 aliphatic carbocycles. The Labute approximate surface area is 151 Å². The van der Waals surface area contributed by atoms with Gasteiger partial charge in [0.1, 0.15) is 5.82 Å². The lowest BCUT2D eigenvalue weighted by Crippen LogP contribution is -2.29. The van der Waals surface area contributed by atoms with E-state index in [0.29, 0.717) is 24.2 Å². The highest BCUT2D eigenvalue weighted by Gasteiger charge is 2.25. The predicted molar refractivity (Wildman–Crippen MR) is 99.3 cm³/mol. The van der Waals surface area contributed by atoms with Crippen LogP contribution in [0.1, 0.15) is 41.9 Å². The third-order valence-corrected chi connectivity index (χ3v) is 4.03. The summed E-state index contributed by atoms with van der Waals surface area (Å²) in [6, 6.07) is 6.03. The molecule has 1 amide bonds. The number of carbonyl (C=O) groups is 1. The summed E-state index contributed by atoms with van der Waals surface area (Å²) in [5, 5.41) is 2.87. The number of hydrogen-bond acceptors (Lipinski definition) is 4. The van der Waals surface area contributed by atoms with Crippen molar-refractivity contribution in [1.29, 1.82) is 0 Å². The van der Waals surface area contributed by atoms with Gasteiger partial charge in [0.15, 0.2) is 0 Å². The van der Waals surface area contributed by atoms with Crippen LogP contribution in [0.3, 0.4) is 0 Å². The highest BCUT2D eigenvalue weighted by atomic mass is 19.1. The van der Waals surface area contributed by atoms with Gasteiger partial charge in [-0.05, 0) is 37.5 Å². The molecule has 0 spiro atoms. The molecule has 7 heteroatoms. The zero-order valence-corrected chi connectivity index (χ0v) is 15.5. The number of aromatic nitrogens is 1. The fraction of sp³-hybridized carbons (Fsp3) is 0.368. The maximum absolute atomic E-state index is 14.1. The highest BCUT2D eigenvalue weighted by Crippen LogP contribution is 2.27. The summed E-state index contributed by atoms with van der Waals surface area (Å²) in [5.74, 6) is -0.924. The van der Waals surface area contributed by atoms with Crippen molar-refractivity contribution in [2.75, 3.05) is 12.4 Å². The number of amides is 1. The number of hydrogen-bond donors (Lipinski definition) is 2. The minimum atomic E-state index is -0.474. The number of rotatable bonds is 4. The van der Waals surface area contributed by atoms with E-state index in [0.717, 1.165) is 12.0 Å². The molecule has 6 nitrogen and oxygen atoms in total. The molecule has 0 saturated carbocycles. The summed E-state index contributed by atoms with van der Waals surface area (Å²) in [6.07, 6.45) is 1.39. The second-order valence-corrected chi connectivity index (χ2v) is 5.72. The van der Waals surface area contributed by atoms with E-state index in [9.17, 15) is 14.0 Å². The Morgan fingerprint density at radius 1 is 1.23 bits per heavy atom. The molecule has 140 valence electrons. The van der Waals surface area contributed by atoms with Gasteiger partial charge in [-0.3, -0.25) is 14.4 Å².